The van der Waals surface area contributed by atoms with Crippen molar-refractivity contribution in [3.63, 3.8) is 0 Å². The van der Waals surface area contributed by atoms with E-state index in [-0.39, 0.29) is 32.5 Å². The Labute approximate surface area is 845 Å². The number of hydrogen-bond donors (Lipinski definition) is 0. The Morgan fingerprint density at radius 2 is 0.546 bits per heavy atom. The molecule has 0 fully saturated rings. The maximum atomic E-state index is 2.48. The van der Waals surface area contributed by atoms with Crippen LogP contribution in [0.25, 0.3) is 131 Å². The summed E-state index contributed by atoms with van der Waals surface area (Å²) in [6.45, 7) is 63.9. The lowest BCUT2D eigenvalue weighted by Crippen LogP contribution is -2.23. The molecule has 714 valence electrons. The Hall–Kier alpha value is -12.5. The Bertz CT molecular complexity index is 8060. The molecule has 0 aliphatic heterocycles. The SMILES string of the molecule is CCC1(CC)c2cc(C)ccc2-c2c1ccc1c(C)cccc21.CCC1(CC)c2cc(C)ccc2-c2cc3ccc(C)cc3cc21.CCC1(CC)c2cc(C)ccc2-c2ccc3cc(C)ccc3c21.CCc1cc2c(C)cc3c(c2cc1CC)-c1ccc(C)cc1C3(C)C.CCc1ccc2c3c(cc(C)c2c1)C(C)(C)c1cc(C)c(CC)cc1-3.CCc1ccc2c3c(ccc2c1)C(C)(C)c1cc(C)ccc1-3. The predicted molar refractivity (Wildman–Crippen MR) is 616 cm³/mol. The van der Waals surface area contributed by atoms with Gasteiger partial charge in [-0.25, -0.2) is 0 Å². The molecule has 0 aromatic heterocycles. The second kappa shape index (κ2) is 37.1. The Morgan fingerprint density at radius 3 is 1.11 bits per heavy atom. The van der Waals surface area contributed by atoms with Gasteiger partial charge in [0, 0.05) is 32.5 Å². The van der Waals surface area contributed by atoms with Gasteiger partial charge < -0.3 is 0 Å². The summed E-state index contributed by atoms with van der Waals surface area (Å²) in [7, 11) is 0. The van der Waals surface area contributed by atoms with Crippen molar-refractivity contribution >= 4 is 64.6 Å². The first-order chi connectivity index (χ1) is 67.6. The summed E-state index contributed by atoms with van der Waals surface area (Å²) < 4.78 is 0. The minimum Gasteiger partial charge on any atom is -0.0642 e. The molecule has 6 aliphatic rings. The van der Waals surface area contributed by atoms with Gasteiger partial charge in [-0.2, -0.15) is 0 Å². The molecule has 141 heavy (non-hydrogen) atoms. The van der Waals surface area contributed by atoms with Crippen LogP contribution in [0.15, 0.2) is 267 Å². The molecule has 0 spiro atoms. The maximum absolute atomic E-state index is 2.48. The highest BCUT2D eigenvalue weighted by Gasteiger charge is 2.46. The summed E-state index contributed by atoms with van der Waals surface area (Å²) in [5.74, 6) is 0. The maximum Gasteiger partial charge on any atom is 0.0216 e. The molecule has 0 N–H and O–H groups in total. The molecule has 18 aromatic rings. The largest absolute Gasteiger partial charge is 0.0642 e. The van der Waals surface area contributed by atoms with Crippen molar-refractivity contribution in [1.29, 1.82) is 0 Å². The van der Waals surface area contributed by atoms with Gasteiger partial charge in [0.25, 0.3) is 0 Å². The van der Waals surface area contributed by atoms with Gasteiger partial charge in [0.15, 0.2) is 0 Å². The molecule has 24 rings (SSSR count). The van der Waals surface area contributed by atoms with Gasteiger partial charge in [0.05, 0.1) is 0 Å². The third kappa shape index (κ3) is 15.7. The van der Waals surface area contributed by atoms with E-state index < -0.39 is 0 Å². The molecule has 0 nitrogen and oxygen atoms in total. The van der Waals surface area contributed by atoms with Crippen LogP contribution in [-0.4, -0.2) is 0 Å². The lowest BCUT2D eigenvalue weighted by Gasteiger charge is -2.31. The predicted octanol–water partition coefficient (Wildman–Crippen LogP) is 39.4. The Kier molecular flexibility index (Phi) is 25.6. The van der Waals surface area contributed by atoms with Gasteiger partial charge in [-0.1, -0.05) is 411 Å². The molecule has 0 saturated heterocycles. The van der Waals surface area contributed by atoms with Crippen molar-refractivity contribution in [2.45, 2.75) is 297 Å². The number of rotatable bonds is 11. The van der Waals surface area contributed by atoms with E-state index in [1.54, 1.807) is 5.56 Å². The smallest absolute Gasteiger partial charge is 0.0216 e. The van der Waals surface area contributed by atoms with Crippen LogP contribution >= 0.6 is 0 Å². The summed E-state index contributed by atoms with van der Waals surface area (Å²) in [5.41, 5.74) is 58.6. The lowest BCUT2D eigenvalue weighted by atomic mass is 9.72. The fraction of sp³-hybridized carbons (Fsp3) is 0.319. The summed E-state index contributed by atoms with van der Waals surface area (Å²) >= 11 is 0. The molecule has 0 heteroatoms. The summed E-state index contributed by atoms with van der Waals surface area (Å²) in [4.78, 5) is 0. The summed E-state index contributed by atoms with van der Waals surface area (Å²) in [5, 5.41) is 16.8. The van der Waals surface area contributed by atoms with Crippen molar-refractivity contribution in [3.05, 3.63) is 423 Å². The fourth-order valence-corrected chi connectivity index (χ4v) is 27.0. The van der Waals surface area contributed by atoms with Crippen molar-refractivity contribution in [1.82, 2.24) is 0 Å². The van der Waals surface area contributed by atoms with Crippen LogP contribution in [0.3, 0.4) is 0 Å². The van der Waals surface area contributed by atoms with Crippen molar-refractivity contribution < 1.29 is 0 Å². The zero-order chi connectivity index (χ0) is 99.9. The van der Waals surface area contributed by atoms with Crippen LogP contribution in [0.4, 0.5) is 0 Å². The summed E-state index contributed by atoms with van der Waals surface area (Å²) in [6, 6.07) is 103. The molecule has 0 heterocycles. The van der Waals surface area contributed by atoms with E-state index in [1.165, 1.54) is 282 Å². The number of benzene rings is 18. The van der Waals surface area contributed by atoms with Gasteiger partial charge in [-0.05, 0) is 407 Å². The quantitative estimate of drug-likeness (QED) is 0.121. The van der Waals surface area contributed by atoms with Crippen LogP contribution in [0.1, 0.15) is 312 Å². The minimum absolute atomic E-state index is 0.0735. The van der Waals surface area contributed by atoms with E-state index in [1.807, 2.05) is 0 Å². The first-order valence-electron chi connectivity index (χ1n) is 53.7. The van der Waals surface area contributed by atoms with Crippen molar-refractivity contribution in [3.8, 4) is 66.8 Å². The standard InChI is InChI=1S/2C25H28.3C23H24.C22H22/c1-7-17-9-10-19-20(13-17)16(4)12-23-24(19)21-14-18(8-2)15(3)11-22(21)25(23,5)6;1-7-17-13-20-16(4)12-23-24(21(20)14-18(17)8-2)19-10-9-15(3)11-22(19)25(23,5)6;1-5-23(6-2)21-14-16(4)8-11-19(21)20-12-9-17-13-15(3)7-10-18(17)22(20)23;1-5-23(6-2)21-12-16(4)8-10-19(21)20-13-17-9-7-15(3)11-18(17)14-22(20)23;1-5-23(6-2)20-13-12-17-16(4)8-7-9-18(17)22(20)19-11-10-15(3)14-21(19)23;1-5-15-7-10-17-16(13-15)8-11-19-21(17)18-9-6-14(2)12-20(18)22(19,3)4/h2*9-14H,7-8H2,1-6H3;3*7-14H,5-6H2,1-4H3;6-13H,5H2,1-4H3. The third-order valence-electron chi connectivity index (χ3n) is 35.4. The van der Waals surface area contributed by atoms with Gasteiger partial charge >= 0.3 is 0 Å². The highest BCUT2D eigenvalue weighted by atomic mass is 14.5. The second-order valence-electron chi connectivity index (χ2n) is 44.5. The second-order valence-corrected chi connectivity index (χ2v) is 44.5. The Balaban J connectivity index is 0.000000108. The van der Waals surface area contributed by atoms with Gasteiger partial charge in [0.1, 0.15) is 0 Å². The van der Waals surface area contributed by atoms with Crippen molar-refractivity contribution in [2.75, 3.05) is 0 Å². The minimum atomic E-state index is 0.0735. The molecular weight excluding hydrogens is 1690 g/mol. The van der Waals surface area contributed by atoms with Crippen LogP contribution in [0, 0.1) is 76.2 Å². The number of aryl methyl sites for hydroxylation is 16. The zero-order valence-electron chi connectivity index (χ0n) is 90.2. The molecule has 6 aliphatic carbocycles. The van der Waals surface area contributed by atoms with Crippen LogP contribution in [-0.2, 0) is 64.6 Å². The summed E-state index contributed by atoms with van der Waals surface area (Å²) in [6.07, 6.45) is 12.4. The third-order valence-corrected chi connectivity index (χ3v) is 35.4. The molecule has 18 aromatic carbocycles. The van der Waals surface area contributed by atoms with Crippen LogP contribution in [0.5, 0.6) is 0 Å². The van der Waals surface area contributed by atoms with E-state index in [0.29, 0.717) is 0 Å². The van der Waals surface area contributed by atoms with Gasteiger partial charge in [0.2, 0.25) is 0 Å². The first kappa shape index (κ1) is 97.3. The zero-order valence-corrected chi connectivity index (χ0v) is 90.2. The van der Waals surface area contributed by atoms with Crippen molar-refractivity contribution in [2.24, 2.45) is 0 Å². The topological polar surface area (TPSA) is 0 Å². The molecule has 0 unspecified atom stereocenters. The first-order valence-corrected chi connectivity index (χ1v) is 53.7. The van der Waals surface area contributed by atoms with Crippen LogP contribution < -0.4 is 0 Å². The van der Waals surface area contributed by atoms with E-state index in [9.17, 15) is 0 Å². The Morgan fingerprint density at radius 1 is 0.177 bits per heavy atom. The van der Waals surface area contributed by atoms with Gasteiger partial charge in [-0.15, -0.1) is 0 Å². The fourth-order valence-electron chi connectivity index (χ4n) is 27.0. The van der Waals surface area contributed by atoms with E-state index in [0.717, 1.165) is 70.6 Å². The van der Waals surface area contributed by atoms with E-state index in [4.69, 9.17) is 0 Å². The average Bonchev–Trinajstić information content (AvgIpc) is 1.55. The van der Waals surface area contributed by atoms with E-state index >= 15 is 0 Å². The number of fused-ring (bicyclic) bond motifs is 29. The molecule has 0 amide bonds. The van der Waals surface area contributed by atoms with Gasteiger partial charge in [-0.3, -0.25) is 0 Å². The normalized spacial score (nSPS) is 14.8. The number of hydrogen-bond acceptors (Lipinski definition) is 0. The molecule has 0 radical (unpaired) electrons. The average molecular weight is 1840 g/mol. The van der Waals surface area contributed by atoms with Crippen LogP contribution in [0.2, 0.25) is 0 Å². The molecular formula is C141H150. The highest BCUT2D eigenvalue weighted by molar-refractivity contribution is 6.09. The molecule has 0 saturated carbocycles. The van der Waals surface area contributed by atoms with E-state index in [2.05, 4.69) is 461 Å². The lowest BCUT2D eigenvalue weighted by molar-refractivity contribution is 0.490. The monoisotopic (exact) mass is 1840 g/mol. The molecule has 0 atom stereocenters. The highest BCUT2D eigenvalue weighted by Crippen LogP contribution is 2.61. The molecule has 0 bridgehead atoms.